The molecule has 1 heterocycles. The number of nitrogens with zero attached hydrogens (tertiary/aromatic N) is 2. The number of hydrogen-bond donors (Lipinski definition) is 0. The quantitative estimate of drug-likeness (QED) is 0.720. The Morgan fingerprint density at radius 1 is 1.43 bits per heavy atom. The number of aryl methyl sites for hydroxylation is 1. The molecule has 0 unspecified atom stereocenters. The summed E-state index contributed by atoms with van der Waals surface area (Å²) < 4.78 is 1.35. The Kier molecular flexibility index (Phi) is 5.22. The van der Waals surface area contributed by atoms with Crippen LogP contribution in [0.4, 0.5) is 0 Å². The van der Waals surface area contributed by atoms with Gasteiger partial charge in [-0.2, -0.15) is 0 Å². The molecule has 0 fully saturated rings. The highest BCUT2D eigenvalue weighted by atomic mass is 16.1. The molecule has 0 aliphatic rings. The molecule has 14 heavy (non-hydrogen) atoms. The summed E-state index contributed by atoms with van der Waals surface area (Å²) in [6.07, 6.45) is 2.95. The molecule has 3 heteroatoms. The highest BCUT2D eigenvalue weighted by Crippen LogP contribution is 1.96. The molecule has 0 bridgehead atoms. The molecule has 76 valence electrons. The molecule has 0 N–H and O–H groups in total. The second kappa shape index (κ2) is 5.91. The van der Waals surface area contributed by atoms with Gasteiger partial charge < -0.3 is 0 Å². The highest BCUT2D eigenvalue weighted by molar-refractivity contribution is 5.41. The van der Waals surface area contributed by atoms with Crippen LogP contribution < -0.4 is 5.56 Å². The van der Waals surface area contributed by atoms with Crippen molar-refractivity contribution in [2.75, 3.05) is 0 Å². The van der Waals surface area contributed by atoms with E-state index in [4.69, 9.17) is 0 Å². The fraction of sp³-hybridized carbons (Fsp3) is 0.273. The first-order valence-corrected chi connectivity index (χ1v) is 4.54. The third-order valence-electron chi connectivity index (χ3n) is 1.47. The lowest BCUT2D eigenvalue weighted by molar-refractivity contribution is 0.942. The summed E-state index contributed by atoms with van der Waals surface area (Å²) in [5.41, 5.74) is 0.556. The van der Waals surface area contributed by atoms with Gasteiger partial charge in [-0.15, -0.1) is 0 Å². The van der Waals surface area contributed by atoms with Crippen LogP contribution in [0, 0.1) is 6.92 Å². The molecule has 0 saturated carbocycles. The predicted molar refractivity (Wildman–Crippen MR) is 61.1 cm³/mol. The molecule has 0 atom stereocenters. The molecule has 0 saturated heterocycles. The van der Waals surface area contributed by atoms with Crippen LogP contribution in [0.1, 0.15) is 25.4 Å². The summed E-state index contributed by atoms with van der Waals surface area (Å²) in [5.74, 6) is 0.523. The molecule has 1 aromatic heterocycles. The van der Waals surface area contributed by atoms with Gasteiger partial charge in [0.05, 0.1) is 0 Å². The minimum Gasteiger partial charge on any atom is -0.269 e. The smallest absolute Gasteiger partial charge is 0.258 e. The molecule has 1 aromatic rings. The van der Waals surface area contributed by atoms with E-state index in [2.05, 4.69) is 18.1 Å². The topological polar surface area (TPSA) is 34.9 Å². The highest BCUT2D eigenvalue weighted by Gasteiger charge is 1.99. The Balaban J connectivity index is 0.000000791. The third-order valence-corrected chi connectivity index (χ3v) is 1.47. The Morgan fingerprint density at radius 2 is 2.00 bits per heavy atom. The first-order chi connectivity index (χ1) is 6.69. The van der Waals surface area contributed by atoms with E-state index in [1.807, 2.05) is 13.8 Å². The van der Waals surface area contributed by atoms with Crippen molar-refractivity contribution in [3.8, 4) is 0 Å². The van der Waals surface area contributed by atoms with Gasteiger partial charge in [0.15, 0.2) is 0 Å². The van der Waals surface area contributed by atoms with Crippen molar-refractivity contribution in [1.82, 2.24) is 9.55 Å². The Morgan fingerprint density at radius 3 is 2.43 bits per heavy atom. The molecule has 1 rings (SSSR count). The number of hydrogen-bond acceptors (Lipinski definition) is 2. The fourth-order valence-corrected chi connectivity index (χ4v) is 0.955. The van der Waals surface area contributed by atoms with E-state index in [-0.39, 0.29) is 5.56 Å². The zero-order chi connectivity index (χ0) is 11.1. The summed E-state index contributed by atoms with van der Waals surface area (Å²) >= 11 is 0. The van der Waals surface area contributed by atoms with Crippen molar-refractivity contribution in [2.24, 2.45) is 0 Å². The molecule has 0 radical (unpaired) electrons. The largest absolute Gasteiger partial charge is 0.269 e. The predicted octanol–water partition coefficient (Wildman–Crippen LogP) is 2.32. The van der Waals surface area contributed by atoms with Crippen molar-refractivity contribution in [2.45, 2.75) is 20.8 Å². The molecule has 3 nitrogen and oxygen atoms in total. The zero-order valence-corrected chi connectivity index (χ0v) is 8.95. The second-order valence-corrected chi connectivity index (χ2v) is 2.35. The molecular weight excluding hydrogens is 176 g/mol. The number of aromatic nitrogens is 2. The van der Waals surface area contributed by atoms with Crippen molar-refractivity contribution < 1.29 is 0 Å². The molecule has 0 aliphatic heterocycles. The van der Waals surface area contributed by atoms with Gasteiger partial charge >= 0.3 is 0 Å². The van der Waals surface area contributed by atoms with E-state index in [1.54, 1.807) is 6.92 Å². The van der Waals surface area contributed by atoms with Gasteiger partial charge in [-0.1, -0.05) is 27.0 Å². The average Bonchev–Trinajstić information content (AvgIpc) is 2.19. The SMILES string of the molecule is C=Cc1nc(C)cc(=O)n1C=C.CC. The van der Waals surface area contributed by atoms with Crippen LogP contribution in [-0.2, 0) is 0 Å². The second-order valence-electron chi connectivity index (χ2n) is 2.35. The van der Waals surface area contributed by atoms with Crippen molar-refractivity contribution in [1.29, 1.82) is 0 Å². The first kappa shape index (κ1) is 12.4. The van der Waals surface area contributed by atoms with Gasteiger partial charge in [0.2, 0.25) is 0 Å². The summed E-state index contributed by atoms with van der Waals surface area (Å²) in [7, 11) is 0. The fourth-order valence-electron chi connectivity index (χ4n) is 0.955. The van der Waals surface area contributed by atoms with E-state index in [0.29, 0.717) is 11.5 Å². The minimum atomic E-state index is -0.132. The summed E-state index contributed by atoms with van der Waals surface area (Å²) in [6, 6.07) is 1.45. The van der Waals surface area contributed by atoms with E-state index < -0.39 is 0 Å². The zero-order valence-electron chi connectivity index (χ0n) is 8.95. The maximum atomic E-state index is 11.3. The van der Waals surface area contributed by atoms with Crippen molar-refractivity contribution in [3.05, 3.63) is 41.1 Å². The maximum absolute atomic E-state index is 11.3. The van der Waals surface area contributed by atoms with Gasteiger partial charge in [0, 0.05) is 18.0 Å². The minimum absolute atomic E-state index is 0.132. The van der Waals surface area contributed by atoms with Gasteiger partial charge in [-0.3, -0.25) is 9.36 Å². The molecule has 0 spiro atoms. The van der Waals surface area contributed by atoms with Crippen LogP contribution in [0.3, 0.4) is 0 Å². The van der Waals surface area contributed by atoms with E-state index in [9.17, 15) is 4.79 Å². The van der Waals surface area contributed by atoms with E-state index in [0.717, 1.165) is 0 Å². The standard InChI is InChI=1S/C9H10N2O.C2H6/c1-4-8-10-7(3)6-9(12)11(8)5-2;1-2/h4-6H,1-2H2,3H3;1-2H3. The lowest BCUT2D eigenvalue weighted by Gasteiger charge is -2.02. The first-order valence-electron chi connectivity index (χ1n) is 4.54. The monoisotopic (exact) mass is 192 g/mol. The third kappa shape index (κ3) is 2.69. The summed E-state index contributed by atoms with van der Waals surface area (Å²) in [6.45, 7) is 12.8. The summed E-state index contributed by atoms with van der Waals surface area (Å²) in [4.78, 5) is 15.4. The molecule has 0 aromatic carbocycles. The van der Waals surface area contributed by atoms with Gasteiger partial charge in [0.1, 0.15) is 5.82 Å². The molecule has 0 amide bonds. The van der Waals surface area contributed by atoms with E-state index >= 15 is 0 Å². The lowest BCUT2D eigenvalue weighted by atomic mass is 10.4. The van der Waals surface area contributed by atoms with Gasteiger partial charge in [0.25, 0.3) is 5.56 Å². The van der Waals surface area contributed by atoms with Crippen LogP contribution >= 0.6 is 0 Å². The molecular formula is C11H16N2O. The Labute approximate surface area is 84.4 Å². The van der Waals surface area contributed by atoms with Crippen LogP contribution in [0.15, 0.2) is 24.0 Å². The van der Waals surface area contributed by atoms with Gasteiger partial charge in [-0.25, -0.2) is 4.98 Å². The van der Waals surface area contributed by atoms with Crippen LogP contribution in [-0.4, -0.2) is 9.55 Å². The summed E-state index contributed by atoms with van der Waals surface area (Å²) in [5, 5.41) is 0. The number of rotatable bonds is 2. The average molecular weight is 192 g/mol. The lowest BCUT2D eigenvalue weighted by Crippen LogP contribution is -2.18. The molecule has 0 aliphatic carbocycles. The van der Waals surface area contributed by atoms with E-state index in [1.165, 1.54) is 22.9 Å². The van der Waals surface area contributed by atoms with Crippen molar-refractivity contribution >= 4 is 12.3 Å². The van der Waals surface area contributed by atoms with Crippen LogP contribution in [0.5, 0.6) is 0 Å². The van der Waals surface area contributed by atoms with Gasteiger partial charge in [-0.05, 0) is 13.0 Å². The van der Waals surface area contributed by atoms with Crippen LogP contribution in [0.2, 0.25) is 0 Å². The normalized spacial score (nSPS) is 8.50. The Bertz CT molecular complexity index is 377. The Hall–Kier alpha value is -1.64. The van der Waals surface area contributed by atoms with Crippen molar-refractivity contribution in [3.63, 3.8) is 0 Å². The van der Waals surface area contributed by atoms with Crippen LogP contribution in [0.25, 0.3) is 12.3 Å². The maximum Gasteiger partial charge on any atom is 0.258 e.